The number of sulfonamides is 1. The minimum atomic E-state index is -4.29. The number of likely N-dealkylation sites (tertiary alicyclic amines) is 1. The Kier molecular flexibility index (Phi) is 5.88. The van der Waals surface area contributed by atoms with Gasteiger partial charge in [-0.1, -0.05) is 13.3 Å². The zero-order valence-electron chi connectivity index (χ0n) is 19.2. The Morgan fingerprint density at radius 1 is 1.12 bits per heavy atom. The van der Waals surface area contributed by atoms with Gasteiger partial charge in [-0.3, -0.25) is 9.52 Å². The molecule has 0 aromatic heterocycles. The Bertz CT molecular complexity index is 1240. The van der Waals surface area contributed by atoms with Gasteiger partial charge in [0.15, 0.2) is 0 Å². The van der Waals surface area contributed by atoms with E-state index in [0.717, 1.165) is 80.7 Å². The van der Waals surface area contributed by atoms with E-state index in [4.69, 9.17) is 0 Å². The number of Topliss-reactive ketones (excluding diaryl/α,β-unsaturated/α-hetero) is 1. The maximum absolute atomic E-state index is 14.2. The molecular formula is C25H29F2N3O3S. The van der Waals surface area contributed by atoms with Crippen LogP contribution < -0.4 is 10.0 Å². The summed E-state index contributed by atoms with van der Waals surface area (Å²) in [6, 6.07) is 6.03. The van der Waals surface area contributed by atoms with Crippen molar-refractivity contribution in [1.82, 2.24) is 4.90 Å². The van der Waals surface area contributed by atoms with Crippen LogP contribution in [-0.2, 0) is 26.7 Å². The molecule has 0 amide bonds. The summed E-state index contributed by atoms with van der Waals surface area (Å²) in [5.41, 5.74) is 2.31. The summed E-state index contributed by atoms with van der Waals surface area (Å²) in [6.07, 6.45) is 4.73. The zero-order chi connectivity index (χ0) is 24.1. The van der Waals surface area contributed by atoms with Crippen molar-refractivity contribution in [2.75, 3.05) is 29.7 Å². The number of carbonyl (C=O) groups is 1. The van der Waals surface area contributed by atoms with E-state index in [1.165, 1.54) is 0 Å². The van der Waals surface area contributed by atoms with E-state index in [1.807, 2.05) is 0 Å². The van der Waals surface area contributed by atoms with E-state index < -0.39 is 32.0 Å². The van der Waals surface area contributed by atoms with E-state index in [-0.39, 0.29) is 17.5 Å². The lowest BCUT2D eigenvalue weighted by Gasteiger charge is -2.38. The molecule has 182 valence electrons. The standard InChI is InChI=1S/C25H29F2N3O3S/c1-2-30-10-6-17(7-11-30)28-22-14-18(13-20-19(22)15-24(31)25(20)8-3-9-25)29-34(32,33)23-5-4-16(26)12-21(23)27/h4-5,12-14,17,28-29H,2-3,6-11,15H2,1H3. The minimum absolute atomic E-state index is 0.183. The molecule has 34 heavy (non-hydrogen) atoms. The molecule has 1 saturated carbocycles. The van der Waals surface area contributed by atoms with Crippen molar-refractivity contribution in [2.45, 2.75) is 61.8 Å². The fraction of sp³-hybridized carbons (Fsp3) is 0.480. The van der Waals surface area contributed by atoms with Gasteiger partial charge in [-0.25, -0.2) is 17.2 Å². The Morgan fingerprint density at radius 3 is 2.47 bits per heavy atom. The van der Waals surface area contributed by atoms with Crippen LogP contribution in [0, 0.1) is 11.6 Å². The maximum atomic E-state index is 14.2. The van der Waals surface area contributed by atoms with Crippen LogP contribution in [0.3, 0.4) is 0 Å². The molecule has 5 rings (SSSR count). The second-order valence-electron chi connectivity index (χ2n) is 9.62. The van der Waals surface area contributed by atoms with Crippen LogP contribution in [0.5, 0.6) is 0 Å². The number of nitrogens with zero attached hydrogens (tertiary/aromatic N) is 1. The van der Waals surface area contributed by atoms with Crippen LogP contribution in [-0.4, -0.2) is 44.8 Å². The first-order valence-electron chi connectivity index (χ1n) is 11.9. The predicted molar refractivity (Wildman–Crippen MR) is 127 cm³/mol. The largest absolute Gasteiger partial charge is 0.382 e. The Hall–Kier alpha value is -2.52. The number of benzene rings is 2. The second kappa shape index (κ2) is 8.61. The number of rotatable bonds is 6. The summed E-state index contributed by atoms with van der Waals surface area (Å²) < 4.78 is 55.9. The first kappa shape index (κ1) is 23.2. The lowest BCUT2D eigenvalue weighted by Crippen LogP contribution is -2.39. The third-order valence-electron chi connectivity index (χ3n) is 7.67. The molecule has 6 nitrogen and oxygen atoms in total. The van der Waals surface area contributed by atoms with Gasteiger partial charge in [-0.2, -0.15) is 0 Å². The highest BCUT2D eigenvalue weighted by Crippen LogP contribution is 2.53. The van der Waals surface area contributed by atoms with Crippen molar-refractivity contribution in [3.05, 3.63) is 53.1 Å². The summed E-state index contributed by atoms with van der Waals surface area (Å²) >= 11 is 0. The molecule has 2 fully saturated rings. The van der Waals surface area contributed by atoms with Gasteiger partial charge in [0.1, 0.15) is 22.3 Å². The third kappa shape index (κ3) is 3.98. The maximum Gasteiger partial charge on any atom is 0.264 e. The Labute approximate surface area is 198 Å². The van der Waals surface area contributed by atoms with E-state index in [9.17, 15) is 22.0 Å². The van der Waals surface area contributed by atoms with Crippen molar-refractivity contribution in [3.8, 4) is 0 Å². The first-order valence-corrected chi connectivity index (χ1v) is 13.4. The molecule has 0 unspecified atom stereocenters. The summed E-state index contributed by atoms with van der Waals surface area (Å²) in [5.74, 6) is -1.82. The quantitative estimate of drug-likeness (QED) is 0.636. The van der Waals surface area contributed by atoms with Gasteiger partial charge < -0.3 is 10.2 Å². The summed E-state index contributed by atoms with van der Waals surface area (Å²) in [6.45, 7) is 5.12. The number of fused-ring (bicyclic) bond motifs is 2. The van der Waals surface area contributed by atoms with Crippen molar-refractivity contribution >= 4 is 27.2 Å². The Morgan fingerprint density at radius 2 is 1.85 bits per heavy atom. The van der Waals surface area contributed by atoms with Crippen molar-refractivity contribution < 1.29 is 22.0 Å². The van der Waals surface area contributed by atoms with Gasteiger partial charge in [-0.15, -0.1) is 0 Å². The van der Waals surface area contributed by atoms with Gasteiger partial charge in [-0.05, 0) is 67.6 Å². The normalized spacial score (nSPS) is 20.3. The molecule has 2 aromatic rings. The van der Waals surface area contributed by atoms with Crippen LogP contribution in [0.4, 0.5) is 20.2 Å². The smallest absolute Gasteiger partial charge is 0.264 e. The van der Waals surface area contributed by atoms with Crippen molar-refractivity contribution in [2.24, 2.45) is 0 Å². The average molecular weight is 490 g/mol. The highest BCUT2D eigenvalue weighted by atomic mass is 32.2. The molecule has 0 atom stereocenters. The monoisotopic (exact) mass is 489 g/mol. The lowest BCUT2D eigenvalue weighted by atomic mass is 9.64. The molecule has 9 heteroatoms. The van der Waals surface area contributed by atoms with E-state index >= 15 is 0 Å². The van der Waals surface area contributed by atoms with Crippen LogP contribution in [0.1, 0.15) is 50.2 Å². The van der Waals surface area contributed by atoms with Crippen molar-refractivity contribution in [3.63, 3.8) is 0 Å². The van der Waals surface area contributed by atoms with Gasteiger partial charge in [0, 0.05) is 37.3 Å². The molecule has 2 aromatic carbocycles. The number of halogens is 2. The second-order valence-corrected chi connectivity index (χ2v) is 11.3. The number of ketones is 1. The topological polar surface area (TPSA) is 78.5 Å². The molecule has 0 radical (unpaired) electrons. The molecule has 1 heterocycles. The molecule has 0 bridgehead atoms. The van der Waals surface area contributed by atoms with Crippen LogP contribution in [0.2, 0.25) is 0 Å². The number of hydrogen-bond acceptors (Lipinski definition) is 5. The minimum Gasteiger partial charge on any atom is -0.382 e. The number of piperidine rings is 1. The van der Waals surface area contributed by atoms with E-state index in [1.54, 1.807) is 12.1 Å². The Balaban J connectivity index is 1.50. The summed E-state index contributed by atoms with van der Waals surface area (Å²) in [4.78, 5) is 14.8. The molecular weight excluding hydrogens is 460 g/mol. The predicted octanol–water partition coefficient (Wildman–Crippen LogP) is 4.21. The molecule has 3 aliphatic rings. The number of nitrogens with one attached hydrogen (secondary N) is 2. The lowest BCUT2D eigenvalue weighted by molar-refractivity contribution is -0.125. The SMILES string of the molecule is CCN1CCC(Nc2cc(NS(=O)(=O)c3ccc(F)cc3F)cc3c2CC(=O)C32CCC2)CC1. The zero-order valence-corrected chi connectivity index (χ0v) is 20.0. The van der Waals surface area contributed by atoms with Crippen LogP contribution >= 0.6 is 0 Å². The molecule has 1 aliphatic heterocycles. The number of hydrogen-bond donors (Lipinski definition) is 2. The van der Waals surface area contributed by atoms with Gasteiger partial charge in [0.2, 0.25) is 0 Å². The van der Waals surface area contributed by atoms with Crippen LogP contribution in [0.25, 0.3) is 0 Å². The highest BCUT2D eigenvalue weighted by molar-refractivity contribution is 7.92. The van der Waals surface area contributed by atoms with Gasteiger partial charge >= 0.3 is 0 Å². The third-order valence-corrected chi connectivity index (χ3v) is 9.09. The molecule has 1 spiro atoms. The van der Waals surface area contributed by atoms with Crippen molar-refractivity contribution in [1.29, 1.82) is 0 Å². The first-order chi connectivity index (χ1) is 16.2. The number of anilines is 2. The van der Waals surface area contributed by atoms with Gasteiger partial charge in [0.05, 0.1) is 11.1 Å². The van der Waals surface area contributed by atoms with E-state index in [0.29, 0.717) is 12.5 Å². The summed E-state index contributed by atoms with van der Waals surface area (Å²) in [7, 11) is -4.29. The van der Waals surface area contributed by atoms with E-state index in [2.05, 4.69) is 21.9 Å². The van der Waals surface area contributed by atoms with Crippen LogP contribution in [0.15, 0.2) is 35.2 Å². The fourth-order valence-electron chi connectivity index (χ4n) is 5.55. The summed E-state index contributed by atoms with van der Waals surface area (Å²) in [5, 5.41) is 3.58. The average Bonchev–Trinajstić information content (AvgIpc) is 3.06. The fourth-order valence-corrected chi connectivity index (χ4v) is 6.65. The highest BCUT2D eigenvalue weighted by Gasteiger charge is 2.51. The molecule has 2 aliphatic carbocycles. The molecule has 2 N–H and O–H groups in total. The molecule has 1 saturated heterocycles. The van der Waals surface area contributed by atoms with Gasteiger partial charge in [0.25, 0.3) is 10.0 Å². The number of carbonyl (C=O) groups excluding carboxylic acids is 1.